The topological polar surface area (TPSA) is 45.8 Å². The molecular weight excluding hydrogens is 182 g/mol. The van der Waals surface area contributed by atoms with E-state index in [1.54, 1.807) is 6.92 Å². The van der Waals surface area contributed by atoms with Crippen LogP contribution in [0.5, 0.6) is 0 Å². The van der Waals surface area contributed by atoms with E-state index in [0.29, 0.717) is 5.76 Å². The first-order valence-corrected chi connectivity index (χ1v) is 4.88. The van der Waals surface area contributed by atoms with E-state index in [0.717, 1.165) is 32.2 Å². The van der Waals surface area contributed by atoms with E-state index in [1.807, 2.05) is 12.1 Å². The van der Waals surface area contributed by atoms with Gasteiger partial charge in [0, 0.05) is 19.2 Å². The number of hydrogen-bond acceptors (Lipinski definition) is 4. The summed E-state index contributed by atoms with van der Waals surface area (Å²) in [5, 5.41) is 9.30. The van der Waals surface area contributed by atoms with Crippen molar-refractivity contribution in [1.29, 1.82) is 0 Å². The maximum atomic E-state index is 9.30. The molecule has 0 radical (unpaired) electrons. The van der Waals surface area contributed by atoms with E-state index in [1.165, 1.54) is 0 Å². The lowest BCUT2D eigenvalue weighted by Crippen LogP contribution is -2.35. The predicted molar refractivity (Wildman–Crippen MR) is 52.4 cm³/mol. The molecule has 0 aliphatic carbocycles. The number of ether oxygens (including phenoxy) is 1. The molecule has 1 aromatic heterocycles. The van der Waals surface area contributed by atoms with Crippen molar-refractivity contribution in [2.45, 2.75) is 13.0 Å². The molecule has 1 saturated heterocycles. The SMILES string of the molecule is CC(O)c1ccc(N2CCOCC2)o1. The van der Waals surface area contributed by atoms with E-state index in [2.05, 4.69) is 4.90 Å². The predicted octanol–water partition coefficient (Wildman–Crippen LogP) is 1.17. The fourth-order valence-electron chi connectivity index (χ4n) is 1.52. The molecule has 0 bridgehead atoms. The largest absolute Gasteiger partial charge is 0.443 e. The van der Waals surface area contributed by atoms with Crippen molar-refractivity contribution in [3.05, 3.63) is 17.9 Å². The van der Waals surface area contributed by atoms with Crippen LogP contribution in [0.2, 0.25) is 0 Å². The van der Waals surface area contributed by atoms with Crippen LogP contribution in [0.4, 0.5) is 5.88 Å². The van der Waals surface area contributed by atoms with Gasteiger partial charge in [-0.05, 0) is 13.0 Å². The molecule has 14 heavy (non-hydrogen) atoms. The van der Waals surface area contributed by atoms with Gasteiger partial charge in [0.25, 0.3) is 0 Å². The highest BCUT2D eigenvalue weighted by atomic mass is 16.5. The second-order valence-corrected chi connectivity index (χ2v) is 3.45. The Balaban J connectivity index is 2.07. The minimum absolute atomic E-state index is 0.537. The molecule has 4 nitrogen and oxygen atoms in total. The average Bonchev–Trinajstić information content (AvgIpc) is 2.68. The fourth-order valence-corrected chi connectivity index (χ4v) is 1.52. The quantitative estimate of drug-likeness (QED) is 0.773. The lowest BCUT2D eigenvalue weighted by Gasteiger charge is -2.26. The number of rotatable bonds is 2. The Labute approximate surface area is 83.1 Å². The molecular formula is C10H15NO3. The highest BCUT2D eigenvalue weighted by Crippen LogP contribution is 2.23. The van der Waals surface area contributed by atoms with E-state index in [-0.39, 0.29) is 0 Å². The molecule has 78 valence electrons. The standard InChI is InChI=1S/C10H15NO3/c1-8(12)9-2-3-10(14-9)11-4-6-13-7-5-11/h2-3,8,12H,4-7H2,1H3. The van der Waals surface area contributed by atoms with Crippen molar-refractivity contribution in [3.63, 3.8) is 0 Å². The normalized spacial score (nSPS) is 19.7. The van der Waals surface area contributed by atoms with Crippen LogP contribution in [0.3, 0.4) is 0 Å². The molecule has 1 atom stereocenters. The van der Waals surface area contributed by atoms with Crippen LogP contribution < -0.4 is 4.90 Å². The van der Waals surface area contributed by atoms with Gasteiger partial charge >= 0.3 is 0 Å². The number of anilines is 1. The van der Waals surface area contributed by atoms with Gasteiger partial charge in [0.05, 0.1) is 13.2 Å². The van der Waals surface area contributed by atoms with Crippen molar-refractivity contribution in [1.82, 2.24) is 0 Å². The zero-order valence-corrected chi connectivity index (χ0v) is 8.27. The third kappa shape index (κ3) is 1.91. The highest BCUT2D eigenvalue weighted by molar-refractivity contribution is 5.37. The summed E-state index contributed by atoms with van der Waals surface area (Å²) in [6.45, 7) is 4.89. The van der Waals surface area contributed by atoms with Gasteiger partial charge in [-0.15, -0.1) is 0 Å². The van der Waals surface area contributed by atoms with Crippen LogP contribution in [-0.4, -0.2) is 31.4 Å². The Hall–Kier alpha value is -1.00. The molecule has 2 rings (SSSR count). The van der Waals surface area contributed by atoms with E-state index < -0.39 is 6.10 Å². The van der Waals surface area contributed by atoms with Crippen LogP contribution in [0.1, 0.15) is 18.8 Å². The third-order valence-electron chi connectivity index (χ3n) is 2.35. The lowest BCUT2D eigenvalue weighted by molar-refractivity contribution is 0.119. The van der Waals surface area contributed by atoms with Gasteiger partial charge in [-0.25, -0.2) is 0 Å². The summed E-state index contributed by atoms with van der Waals surface area (Å²) in [7, 11) is 0. The Morgan fingerprint density at radius 3 is 2.64 bits per heavy atom. The second-order valence-electron chi connectivity index (χ2n) is 3.45. The number of morpholine rings is 1. The summed E-state index contributed by atoms with van der Waals surface area (Å²) >= 11 is 0. The maximum Gasteiger partial charge on any atom is 0.195 e. The highest BCUT2D eigenvalue weighted by Gasteiger charge is 2.15. The fraction of sp³-hybridized carbons (Fsp3) is 0.600. The minimum Gasteiger partial charge on any atom is -0.443 e. The van der Waals surface area contributed by atoms with E-state index in [4.69, 9.17) is 9.15 Å². The number of nitrogens with zero attached hydrogens (tertiary/aromatic N) is 1. The Morgan fingerprint density at radius 2 is 2.07 bits per heavy atom. The molecule has 0 aromatic carbocycles. The van der Waals surface area contributed by atoms with Gasteiger partial charge in [0.15, 0.2) is 5.88 Å². The smallest absolute Gasteiger partial charge is 0.195 e. The first-order chi connectivity index (χ1) is 6.77. The second kappa shape index (κ2) is 4.02. The van der Waals surface area contributed by atoms with Crippen LogP contribution in [0, 0.1) is 0 Å². The zero-order valence-electron chi connectivity index (χ0n) is 8.27. The molecule has 1 unspecified atom stereocenters. The van der Waals surface area contributed by atoms with E-state index in [9.17, 15) is 5.11 Å². The van der Waals surface area contributed by atoms with Crippen molar-refractivity contribution >= 4 is 5.88 Å². The monoisotopic (exact) mass is 197 g/mol. The lowest BCUT2D eigenvalue weighted by atomic mass is 10.3. The Kier molecular flexibility index (Phi) is 2.74. The molecule has 0 amide bonds. The summed E-state index contributed by atoms with van der Waals surface area (Å²) in [6.07, 6.45) is -0.537. The molecule has 1 N–H and O–H groups in total. The number of hydrogen-bond donors (Lipinski definition) is 1. The number of furan rings is 1. The summed E-state index contributed by atoms with van der Waals surface area (Å²) < 4.78 is 10.7. The van der Waals surface area contributed by atoms with Crippen LogP contribution in [0.15, 0.2) is 16.5 Å². The van der Waals surface area contributed by atoms with E-state index >= 15 is 0 Å². The first kappa shape index (κ1) is 9.55. The summed E-state index contributed by atoms with van der Waals surface area (Å²) in [5.74, 6) is 1.44. The third-order valence-corrected chi connectivity index (χ3v) is 2.35. The van der Waals surface area contributed by atoms with Crippen molar-refractivity contribution in [2.75, 3.05) is 31.2 Å². The molecule has 1 aliphatic rings. The van der Waals surface area contributed by atoms with Crippen LogP contribution in [-0.2, 0) is 4.74 Å². The molecule has 2 heterocycles. The molecule has 0 spiro atoms. The summed E-state index contributed by atoms with van der Waals surface area (Å²) in [5.41, 5.74) is 0. The summed E-state index contributed by atoms with van der Waals surface area (Å²) in [6, 6.07) is 3.71. The zero-order chi connectivity index (χ0) is 9.97. The molecule has 4 heteroatoms. The Morgan fingerprint density at radius 1 is 1.36 bits per heavy atom. The average molecular weight is 197 g/mol. The molecule has 1 aliphatic heterocycles. The minimum atomic E-state index is -0.537. The number of aliphatic hydroxyl groups excluding tert-OH is 1. The van der Waals surface area contributed by atoms with Gasteiger partial charge < -0.3 is 19.2 Å². The van der Waals surface area contributed by atoms with Crippen LogP contribution >= 0.6 is 0 Å². The van der Waals surface area contributed by atoms with Crippen molar-refractivity contribution < 1.29 is 14.3 Å². The summed E-state index contributed by atoms with van der Waals surface area (Å²) in [4.78, 5) is 2.12. The van der Waals surface area contributed by atoms with Gasteiger partial charge in [0.2, 0.25) is 0 Å². The number of aliphatic hydroxyl groups is 1. The van der Waals surface area contributed by atoms with Gasteiger partial charge in [-0.3, -0.25) is 0 Å². The van der Waals surface area contributed by atoms with Crippen molar-refractivity contribution in [3.8, 4) is 0 Å². The molecule has 1 fully saturated rings. The first-order valence-electron chi connectivity index (χ1n) is 4.88. The Bertz CT molecular complexity index is 289. The van der Waals surface area contributed by atoms with Gasteiger partial charge in [-0.1, -0.05) is 0 Å². The molecule has 1 aromatic rings. The van der Waals surface area contributed by atoms with Gasteiger partial charge in [-0.2, -0.15) is 0 Å². The van der Waals surface area contributed by atoms with Crippen molar-refractivity contribution in [2.24, 2.45) is 0 Å². The van der Waals surface area contributed by atoms with Crippen LogP contribution in [0.25, 0.3) is 0 Å². The van der Waals surface area contributed by atoms with Gasteiger partial charge in [0.1, 0.15) is 11.9 Å². The maximum absolute atomic E-state index is 9.30. The molecule has 0 saturated carbocycles.